The van der Waals surface area contributed by atoms with Crippen molar-refractivity contribution >= 4 is 12.0 Å². The Hall–Kier alpha value is -3.41. The van der Waals surface area contributed by atoms with Crippen LogP contribution in [-0.4, -0.2) is 39.0 Å². The number of aromatic nitrogens is 3. The van der Waals surface area contributed by atoms with E-state index in [1.807, 2.05) is 72.0 Å². The quantitative estimate of drug-likeness (QED) is 0.603. The Morgan fingerprint density at radius 3 is 2.77 bits per heavy atom. The number of hydrogen-bond donors (Lipinski definition) is 0. The molecule has 0 saturated carbocycles. The van der Waals surface area contributed by atoms with Crippen molar-refractivity contribution in [1.29, 1.82) is 0 Å². The summed E-state index contributed by atoms with van der Waals surface area (Å²) in [7, 11) is 1.65. The fourth-order valence-electron chi connectivity index (χ4n) is 3.79. The molecule has 0 atom stereocenters. The van der Waals surface area contributed by atoms with Crippen LogP contribution in [0.15, 0.2) is 54.5 Å². The molecule has 4 rings (SSSR count). The fourth-order valence-corrected chi connectivity index (χ4v) is 3.79. The van der Waals surface area contributed by atoms with Crippen molar-refractivity contribution in [3.05, 3.63) is 77.1 Å². The Kier molecular flexibility index (Phi) is 5.65. The van der Waals surface area contributed by atoms with Crippen LogP contribution in [0.1, 0.15) is 35.5 Å². The molecular weight excluding hydrogens is 376 g/mol. The van der Waals surface area contributed by atoms with Crippen LogP contribution in [0, 0.1) is 13.8 Å². The number of pyridine rings is 1. The molecule has 1 aromatic carbocycles. The lowest BCUT2D eigenvalue weighted by Gasteiger charge is -2.28. The number of carbonyl (C=O) groups is 1. The van der Waals surface area contributed by atoms with Gasteiger partial charge in [0, 0.05) is 24.0 Å². The van der Waals surface area contributed by atoms with Gasteiger partial charge in [-0.1, -0.05) is 12.1 Å². The van der Waals surface area contributed by atoms with Gasteiger partial charge >= 0.3 is 0 Å². The maximum absolute atomic E-state index is 13.1. The maximum atomic E-state index is 13.1. The van der Waals surface area contributed by atoms with Crippen molar-refractivity contribution in [2.24, 2.45) is 0 Å². The molecule has 1 aliphatic rings. The van der Waals surface area contributed by atoms with Crippen LogP contribution < -0.4 is 4.74 Å². The first-order valence-electron chi connectivity index (χ1n) is 10.1. The summed E-state index contributed by atoms with van der Waals surface area (Å²) in [5, 5.41) is 0. The van der Waals surface area contributed by atoms with Gasteiger partial charge in [0.15, 0.2) is 0 Å². The number of benzene rings is 1. The second kappa shape index (κ2) is 8.53. The lowest BCUT2D eigenvalue weighted by molar-refractivity contribution is -0.129. The van der Waals surface area contributed by atoms with Crippen molar-refractivity contribution in [3.63, 3.8) is 0 Å². The number of methoxy groups -OCH3 is 1. The predicted octanol–water partition coefficient (Wildman–Crippen LogP) is 4.10. The lowest BCUT2D eigenvalue weighted by Crippen LogP contribution is -2.36. The van der Waals surface area contributed by atoms with Crippen LogP contribution >= 0.6 is 0 Å². The number of likely N-dealkylation sites (tertiary alicyclic amines) is 1. The Balaban J connectivity index is 1.56. The third kappa shape index (κ3) is 4.27. The van der Waals surface area contributed by atoms with Crippen molar-refractivity contribution in [2.45, 2.75) is 33.2 Å². The van der Waals surface area contributed by atoms with E-state index in [4.69, 9.17) is 4.74 Å². The molecule has 2 aromatic heterocycles. The van der Waals surface area contributed by atoms with Gasteiger partial charge in [0.25, 0.3) is 0 Å². The third-order valence-corrected chi connectivity index (χ3v) is 5.27. The summed E-state index contributed by atoms with van der Waals surface area (Å²) in [4.78, 5) is 23.8. The van der Waals surface area contributed by atoms with E-state index in [2.05, 4.69) is 9.97 Å². The van der Waals surface area contributed by atoms with Crippen molar-refractivity contribution < 1.29 is 9.53 Å². The fraction of sp³-hybridized carbons (Fsp3) is 0.292. The minimum atomic E-state index is 0.0813. The number of aryl methyl sites for hydroxylation is 2. The molecule has 0 bridgehead atoms. The van der Waals surface area contributed by atoms with Crippen molar-refractivity contribution in [3.8, 4) is 11.4 Å². The highest BCUT2D eigenvalue weighted by atomic mass is 16.5. The molecular formula is C24H26N4O2. The van der Waals surface area contributed by atoms with E-state index in [0.717, 1.165) is 59.0 Å². The zero-order valence-electron chi connectivity index (χ0n) is 17.6. The first kappa shape index (κ1) is 19.9. The molecule has 3 heterocycles. The summed E-state index contributed by atoms with van der Waals surface area (Å²) in [5.41, 5.74) is 5.52. The van der Waals surface area contributed by atoms with Gasteiger partial charge in [-0.3, -0.25) is 9.78 Å². The largest absolute Gasteiger partial charge is 0.495 e. The number of hydrogen-bond acceptors (Lipinski definition) is 4. The number of ether oxygens (including phenoxy) is 1. The molecule has 0 radical (unpaired) electrons. The number of imidazole rings is 1. The Morgan fingerprint density at radius 1 is 1.17 bits per heavy atom. The lowest BCUT2D eigenvalue weighted by atomic mass is 10.00. The average Bonchev–Trinajstić information content (AvgIpc) is 3.17. The molecule has 0 aliphatic carbocycles. The van der Waals surface area contributed by atoms with Gasteiger partial charge in [0.1, 0.15) is 5.75 Å². The Bertz CT molecular complexity index is 1100. The SMILES string of the molecule is COc1cc(/C=C2\CCCN(Cc3cccc(C)n3)C2=O)ccc1-n1cnc(C)c1. The minimum absolute atomic E-state index is 0.0813. The standard InChI is InChI=1S/C24H26N4O2/c1-17-6-4-8-21(26-17)15-27-11-5-7-20(24(27)29)12-19-9-10-22(23(13-19)30-3)28-14-18(2)25-16-28/h4,6,8-10,12-14,16H,5,7,11,15H2,1-3H3/b20-12+. The first-order valence-corrected chi connectivity index (χ1v) is 10.1. The van der Waals surface area contributed by atoms with Crippen LogP contribution in [-0.2, 0) is 11.3 Å². The zero-order chi connectivity index (χ0) is 21.1. The van der Waals surface area contributed by atoms with E-state index in [0.29, 0.717) is 6.54 Å². The van der Waals surface area contributed by atoms with Crippen molar-refractivity contribution in [2.75, 3.05) is 13.7 Å². The molecule has 0 unspecified atom stereocenters. The molecule has 1 amide bonds. The molecule has 0 N–H and O–H groups in total. The minimum Gasteiger partial charge on any atom is -0.495 e. The molecule has 1 saturated heterocycles. The van der Waals surface area contributed by atoms with E-state index in [9.17, 15) is 4.79 Å². The van der Waals surface area contributed by atoms with E-state index in [1.54, 1.807) is 13.4 Å². The van der Waals surface area contributed by atoms with Gasteiger partial charge in [-0.2, -0.15) is 0 Å². The van der Waals surface area contributed by atoms with Gasteiger partial charge in [-0.15, -0.1) is 0 Å². The number of amides is 1. The van der Waals surface area contributed by atoms with Crippen LogP contribution in [0.3, 0.4) is 0 Å². The molecule has 6 heteroatoms. The van der Waals surface area contributed by atoms with Gasteiger partial charge < -0.3 is 14.2 Å². The van der Waals surface area contributed by atoms with E-state index >= 15 is 0 Å². The summed E-state index contributed by atoms with van der Waals surface area (Å²) in [6, 6.07) is 11.9. The smallest absolute Gasteiger partial charge is 0.250 e. The van der Waals surface area contributed by atoms with E-state index in [1.165, 1.54) is 0 Å². The topological polar surface area (TPSA) is 60.2 Å². The molecule has 1 aliphatic heterocycles. The highest BCUT2D eigenvalue weighted by Gasteiger charge is 2.23. The van der Waals surface area contributed by atoms with Crippen LogP contribution in [0.4, 0.5) is 0 Å². The second-order valence-electron chi connectivity index (χ2n) is 7.62. The van der Waals surface area contributed by atoms with Crippen LogP contribution in [0.2, 0.25) is 0 Å². The van der Waals surface area contributed by atoms with Gasteiger partial charge in [0.2, 0.25) is 5.91 Å². The van der Waals surface area contributed by atoms with Crippen LogP contribution in [0.5, 0.6) is 5.75 Å². The highest BCUT2D eigenvalue weighted by molar-refractivity contribution is 5.98. The van der Waals surface area contributed by atoms with Gasteiger partial charge in [-0.05, 0) is 62.6 Å². The Morgan fingerprint density at radius 2 is 2.03 bits per heavy atom. The molecule has 0 spiro atoms. The number of rotatable bonds is 5. The van der Waals surface area contributed by atoms with Crippen LogP contribution in [0.25, 0.3) is 11.8 Å². The average molecular weight is 402 g/mol. The molecule has 1 fully saturated rings. The van der Waals surface area contributed by atoms with Crippen molar-refractivity contribution in [1.82, 2.24) is 19.4 Å². The van der Waals surface area contributed by atoms with Gasteiger partial charge in [0.05, 0.1) is 37.1 Å². The molecule has 3 aromatic rings. The summed E-state index contributed by atoms with van der Waals surface area (Å²) in [5.74, 6) is 0.823. The first-order chi connectivity index (χ1) is 14.5. The Labute approximate surface area is 176 Å². The summed E-state index contributed by atoms with van der Waals surface area (Å²) in [6.07, 6.45) is 7.43. The maximum Gasteiger partial charge on any atom is 0.250 e. The van der Waals surface area contributed by atoms with E-state index < -0.39 is 0 Å². The monoisotopic (exact) mass is 402 g/mol. The zero-order valence-corrected chi connectivity index (χ0v) is 17.6. The third-order valence-electron chi connectivity index (χ3n) is 5.27. The number of piperidine rings is 1. The molecule has 6 nitrogen and oxygen atoms in total. The molecule has 154 valence electrons. The van der Waals surface area contributed by atoms with Gasteiger partial charge in [-0.25, -0.2) is 4.98 Å². The highest BCUT2D eigenvalue weighted by Crippen LogP contribution is 2.27. The summed E-state index contributed by atoms with van der Waals surface area (Å²) in [6.45, 7) is 5.22. The molecule has 30 heavy (non-hydrogen) atoms. The predicted molar refractivity (Wildman–Crippen MR) is 116 cm³/mol. The second-order valence-corrected chi connectivity index (χ2v) is 7.62. The summed E-state index contributed by atoms with van der Waals surface area (Å²) < 4.78 is 7.53. The number of carbonyl (C=O) groups excluding carboxylic acids is 1. The van der Waals surface area contributed by atoms with E-state index in [-0.39, 0.29) is 5.91 Å². The normalized spacial score (nSPS) is 15.6. The summed E-state index contributed by atoms with van der Waals surface area (Å²) >= 11 is 0. The number of nitrogens with zero attached hydrogens (tertiary/aromatic N) is 4.